The molecular formula is C6HCl5Na. The van der Waals surface area contributed by atoms with Crippen LogP contribution in [0.5, 0.6) is 0 Å². The van der Waals surface area contributed by atoms with E-state index in [1.54, 1.807) is 0 Å². The van der Waals surface area contributed by atoms with Crippen LogP contribution in [0.3, 0.4) is 0 Å². The minimum absolute atomic E-state index is 0. The average Bonchev–Trinajstić information content (AvgIpc) is 1.97. The first-order valence-corrected chi connectivity index (χ1v) is 4.33. The van der Waals surface area contributed by atoms with E-state index in [0.29, 0.717) is 0 Å². The molecule has 0 fully saturated rings. The molecule has 0 aromatic heterocycles. The summed E-state index contributed by atoms with van der Waals surface area (Å²) >= 11 is 28.0. The molecule has 0 unspecified atom stereocenters. The van der Waals surface area contributed by atoms with Gasteiger partial charge in [-0.15, -0.1) is 0 Å². The Labute approximate surface area is 117 Å². The van der Waals surface area contributed by atoms with Crippen LogP contribution in [0.25, 0.3) is 0 Å². The van der Waals surface area contributed by atoms with Gasteiger partial charge in [-0.2, -0.15) is 0 Å². The molecule has 12 heavy (non-hydrogen) atoms. The Hall–Kier alpha value is 1.67. The molecule has 6 heteroatoms. The van der Waals surface area contributed by atoms with Crippen molar-refractivity contribution in [2.45, 2.75) is 0 Å². The van der Waals surface area contributed by atoms with Gasteiger partial charge in [0, 0.05) is 6.07 Å². The van der Waals surface area contributed by atoms with Gasteiger partial charge in [0.2, 0.25) is 0 Å². The van der Waals surface area contributed by atoms with Crippen LogP contribution < -0.4 is 0 Å². The Morgan fingerprint density at radius 1 is 0.667 bits per heavy atom. The van der Waals surface area contributed by atoms with Gasteiger partial charge in [0.1, 0.15) is 0 Å². The zero-order valence-electron chi connectivity index (χ0n) is 4.89. The van der Waals surface area contributed by atoms with Crippen molar-refractivity contribution in [3.63, 3.8) is 0 Å². The van der Waals surface area contributed by atoms with Gasteiger partial charge in [-0.1, -0.05) is 58.0 Å². The van der Waals surface area contributed by atoms with Crippen molar-refractivity contribution in [2.24, 2.45) is 0 Å². The molecule has 1 aromatic rings. The SMILES string of the molecule is Clc1[c]c(Cl)c(Cl)c(Cl)c1Cl.[NaH]. The molecule has 0 saturated heterocycles. The molecule has 0 amide bonds. The molecule has 0 N–H and O–H groups in total. The molecule has 0 aliphatic rings. The molecule has 0 nitrogen and oxygen atoms in total. The van der Waals surface area contributed by atoms with Crippen LogP contribution in [0.15, 0.2) is 0 Å². The Balaban J connectivity index is 0.00000121. The van der Waals surface area contributed by atoms with Crippen molar-refractivity contribution in [3.05, 3.63) is 31.2 Å². The van der Waals surface area contributed by atoms with Crippen LogP contribution in [-0.4, -0.2) is 29.6 Å². The summed E-state index contributed by atoms with van der Waals surface area (Å²) in [4.78, 5) is 0. The van der Waals surface area contributed by atoms with Crippen molar-refractivity contribution < 1.29 is 0 Å². The van der Waals surface area contributed by atoms with E-state index in [-0.39, 0.29) is 54.7 Å². The first kappa shape index (κ1) is 13.7. The minimum atomic E-state index is 0. The third-order valence-corrected chi connectivity index (χ3v) is 3.08. The van der Waals surface area contributed by atoms with Crippen LogP contribution >= 0.6 is 58.0 Å². The molecule has 1 radical (unpaired) electrons. The van der Waals surface area contributed by atoms with Crippen molar-refractivity contribution in [2.75, 3.05) is 0 Å². The predicted octanol–water partition coefficient (Wildman–Crippen LogP) is 4.11. The fraction of sp³-hybridized carbons (Fsp3) is 0. The van der Waals surface area contributed by atoms with E-state index in [1.165, 1.54) is 0 Å². The van der Waals surface area contributed by atoms with E-state index in [0.717, 1.165) is 0 Å². The average molecular weight is 273 g/mol. The Morgan fingerprint density at radius 3 is 1.33 bits per heavy atom. The number of hydrogen-bond acceptors (Lipinski definition) is 0. The van der Waals surface area contributed by atoms with Gasteiger partial charge in [-0.05, 0) is 0 Å². The second-order valence-electron chi connectivity index (χ2n) is 1.69. The van der Waals surface area contributed by atoms with Gasteiger partial charge < -0.3 is 0 Å². The van der Waals surface area contributed by atoms with Crippen molar-refractivity contribution in [3.8, 4) is 0 Å². The molecule has 0 aliphatic heterocycles. The number of benzene rings is 1. The van der Waals surface area contributed by atoms with Gasteiger partial charge >= 0.3 is 29.6 Å². The van der Waals surface area contributed by atoms with E-state index >= 15 is 0 Å². The standard InChI is InChI=1S/C6Cl5.Na.H/c7-2-1-3(8)5(10)6(11)4(2)9;;. The second-order valence-corrected chi connectivity index (χ2v) is 3.58. The van der Waals surface area contributed by atoms with Crippen LogP contribution in [0.4, 0.5) is 0 Å². The van der Waals surface area contributed by atoms with Crippen LogP contribution in [0.1, 0.15) is 0 Å². The zero-order valence-corrected chi connectivity index (χ0v) is 8.67. The molecule has 0 aliphatic carbocycles. The molecular weight excluding hydrogens is 272 g/mol. The summed E-state index contributed by atoms with van der Waals surface area (Å²) in [5, 5.41) is 0.838. The van der Waals surface area contributed by atoms with Gasteiger partial charge in [0.25, 0.3) is 0 Å². The summed E-state index contributed by atoms with van der Waals surface area (Å²) in [6.07, 6.45) is 0. The van der Waals surface area contributed by atoms with E-state index < -0.39 is 0 Å². The molecule has 0 saturated carbocycles. The monoisotopic (exact) mass is 271 g/mol. The summed E-state index contributed by atoms with van der Waals surface area (Å²) in [6, 6.07) is 2.53. The molecule has 0 bridgehead atoms. The molecule has 0 atom stereocenters. The van der Waals surface area contributed by atoms with E-state index in [4.69, 9.17) is 58.0 Å². The van der Waals surface area contributed by atoms with Crippen molar-refractivity contribution in [1.29, 1.82) is 0 Å². The van der Waals surface area contributed by atoms with Gasteiger partial charge in [0.15, 0.2) is 0 Å². The fourth-order valence-corrected chi connectivity index (χ4v) is 1.54. The normalized spacial score (nSPS) is 9.42. The van der Waals surface area contributed by atoms with Crippen molar-refractivity contribution in [1.82, 2.24) is 0 Å². The fourth-order valence-electron chi connectivity index (χ4n) is 0.495. The van der Waals surface area contributed by atoms with Crippen molar-refractivity contribution >= 4 is 87.6 Å². The molecule has 1 aromatic carbocycles. The maximum atomic E-state index is 5.64. The van der Waals surface area contributed by atoms with Crippen LogP contribution in [-0.2, 0) is 0 Å². The van der Waals surface area contributed by atoms with Gasteiger partial charge in [0.05, 0.1) is 25.1 Å². The Kier molecular flexibility index (Phi) is 6.30. The zero-order chi connectivity index (χ0) is 8.59. The first-order chi connectivity index (χ1) is 5.04. The Bertz CT molecular complexity index is 272. The van der Waals surface area contributed by atoms with E-state index in [2.05, 4.69) is 6.07 Å². The topological polar surface area (TPSA) is 0 Å². The quantitative estimate of drug-likeness (QED) is 0.379. The summed E-state index contributed by atoms with van der Waals surface area (Å²) < 4.78 is 0. The van der Waals surface area contributed by atoms with Crippen LogP contribution in [0, 0.1) is 6.07 Å². The second kappa shape index (κ2) is 5.53. The molecule has 1 rings (SSSR count). The predicted molar refractivity (Wildman–Crippen MR) is 57.5 cm³/mol. The molecule has 61 valence electrons. The summed E-state index contributed by atoms with van der Waals surface area (Å²) in [6.45, 7) is 0. The van der Waals surface area contributed by atoms with E-state index in [1.807, 2.05) is 0 Å². The van der Waals surface area contributed by atoms with Gasteiger partial charge in [-0.3, -0.25) is 0 Å². The third-order valence-electron chi connectivity index (χ3n) is 0.990. The van der Waals surface area contributed by atoms with E-state index in [9.17, 15) is 0 Å². The maximum absolute atomic E-state index is 5.64. The Morgan fingerprint density at radius 2 is 1.00 bits per heavy atom. The summed E-state index contributed by atoms with van der Waals surface area (Å²) in [7, 11) is 0. The summed E-state index contributed by atoms with van der Waals surface area (Å²) in [5.74, 6) is 0. The number of hydrogen-bond donors (Lipinski definition) is 0. The van der Waals surface area contributed by atoms with Gasteiger partial charge in [-0.25, -0.2) is 0 Å². The number of halogens is 5. The molecule has 0 heterocycles. The molecule has 0 spiro atoms. The number of rotatable bonds is 0. The third kappa shape index (κ3) is 2.83. The summed E-state index contributed by atoms with van der Waals surface area (Å²) in [5.41, 5.74) is 0. The van der Waals surface area contributed by atoms with Crippen LogP contribution in [0.2, 0.25) is 25.1 Å². The first-order valence-electron chi connectivity index (χ1n) is 2.44.